The molecule has 0 bridgehead atoms. The summed E-state index contributed by atoms with van der Waals surface area (Å²) in [4.78, 5) is 14.0. The Hall–Kier alpha value is -0.840. The highest BCUT2D eigenvalue weighted by molar-refractivity contribution is 4.71. The van der Waals surface area contributed by atoms with E-state index in [1.807, 2.05) is 0 Å². The summed E-state index contributed by atoms with van der Waals surface area (Å²) < 4.78 is 0. The van der Waals surface area contributed by atoms with Gasteiger partial charge in [-0.05, 0) is 19.3 Å². The molecule has 5 heteroatoms. The summed E-state index contributed by atoms with van der Waals surface area (Å²) in [6, 6.07) is 0. The predicted octanol–water partition coefficient (Wildman–Crippen LogP) is 0.410. The smallest absolute Gasteiger partial charge is 0.217 e. The van der Waals surface area contributed by atoms with Crippen molar-refractivity contribution in [3.8, 4) is 0 Å². The highest BCUT2D eigenvalue weighted by Crippen LogP contribution is 2.07. The average molecular weight is 145 g/mol. The van der Waals surface area contributed by atoms with Gasteiger partial charge in [-0.1, -0.05) is 0 Å². The molecule has 1 saturated heterocycles. The largest absolute Gasteiger partial charge is 0.312 e. The van der Waals surface area contributed by atoms with Gasteiger partial charge >= 0.3 is 5.09 Å². The van der Waals surface area contributed by atoms with E-state index in [9.17, 15) is 10.1 Å². The van der Waals surface area contributed by atoms with Crippen molar-refractivity contribution in [1.82, 2.24) is 5.06 Å². The number of hydrogen-bond donors (Lipinski definition) is 0. The third kappa shape index (κ3) is 2.18. The Morgan fingerprint density at radius 3 is 2.60 bits per heavy atom. The van der Waals surface area contributed by atoms with Gasteiger partial charge in [0.2, 0.25) is 0 Å². The SMILES string of the molecule is O=[N+]([O-])ON1CC[CH]CC1. The van der Waals surface area contributed by atoms with Gasteiger partial charge in [-0.2, -0.15) is 0 Å². The van der Waals surface area contributed by atoms with Crippen LogP contribution in [0.15, 0.2) is 0 Å². The molecule has 0 aromatic heterocycles. The van der Waals surface area contributed by atoms with E-state index in [1.54, 1.807) is 0 Å². The molecule has 1 rings (SSSR count). The summed E-state index contributed by atoms with van der Waals surface area (Å²) in [5.41, 5.74) is 0. The molecule has 10 heavy (non-hydrogen) atoms. The maximum absolute atomic E-state index is 9.80. The quantitative estimate of drug-likeness (QED) is 0.417. The van der Waals surface area contributed by atoms with Gasteiger partial charge in [0, 0.05) is 13.1 Å². The van der Waals surface area contributed by atoms with Crippen molar-refractivity contribution in [3.05, 3.63) is 16.5 Å². The molecule has 1 radical (unpaired) electrons. The lowest BCUT2D eigenvalue weighted by atomic mass is 10.2. The fraction of sp³-hybridized carbons (Fsp3) is 0.800. The topological polar surface area (TPSA) is 55.6 Å². The van der Waals surface area contributed by atoms with Gasteiger partial charge in [-0.3, -0.25) is 0 Å². The van der Waals surface area contributed by atoms with Gasteiger partial charge in [0.05, 0.1) is 0 Å². The Morgan fingerprint density at radius 1 is 1.50 bits per heavy atom. The number of hydrogen-bond acceptors (Lipinski definition) is 4. The minimum Gasteiger partial charge on any atom is -0.217 e. The Kier molecular flexibility index (Phi) is 2.44. The van der Waals surface area contributed by atoms with Gasteiger partial charge in [0.25, 0.3) is 0 Å². The number of hydroxylamine groups is 2. The maximum atomic E-state index is 9.80. The van der Waals surface area contributed by atoms with Crippen LogP contribution in [0.1, 0.15) is 12.8 Å². The first kappa shape index (κ1) is 7.27. The number of piperidine rings is 1. The van der Waals surface area contributed by atoms with Crippen LogP contribution in [0.25, 0.3) is 0 Å². The fourth-order valence-corrected chi connectivity index (χ4v) is 0.903. The average Bonchev–Trinajstić information content (AvgIpc) is 1.88. The summed E-state index contributed by atoms with van der Waals surface area (Å²) >= 11 is 0. The van der Waals surface area contributed by atoms with Crippen molar-refractivity contribution in [2.45, 2.75) is 12.8 Å². The molecule has 0 aromatic rings. The minimum atomic E-state index is -0.772. The monoisotopic (exact) mass is 145 g/mol. The lowest BCUT2D eigenvalue weighted by Crippen LogP contribution is -2.32. The van der Waals surface area contributed by atoms with Crippen LogP contribution < -0.4 is 0 Å². The second kappa shape index (κ2) is 3.36. The normalized spacial score (nSPS) is 20.4. The molecule has 1 fully saturated rings. The Balaban J connectivity index is 2.19. The first-order chi connectivity index (χ1) is 4.79. The third-order valence-electron chi connectivity index (χ3n) is 1.35. The van der Waals surface area contributed by atoms with Crippen LogP contribution in [0.4, 0.5) is 0 Å². The molecule has 0 atom stereocenters. The third-order valence-corrected chi connectivity index (χ3v) is 1.35. The van der Waals surface area contributed by atoms with Crippen LogP contribution in [0, 0.1) is 16.5 Å². The molecule has 0 N–H and O–H groups in total. The van der Waals surface area contributed by atoms with E-state index in [0.717, 1.165) is 12.8 Å². The molecule has 0 aromatic carbocycles. The van der Waals surface area contributed by atoms with Crippen LogP contribution >= 0.6 is 0 Å². The molecule has 0 aliphatic carbocycles. The lowest BCUT2D eigenvalue weighted by molar-refractivity contribution is -0.811. The van der Waals surface area contributed by atoms with Gasteiger partial charge < -0.3 is 0 Å². The Labute approximate surface area is 58.6 Å². The van der Waals surface area contributed by atoms with E-state index in [4.69, 9.17) is 0 Å². The van der Waals surface area contributed by atoms with Crippen molar-refractivity contribution < 1.29 is 10.0 Å². The second-order valence-corrected chi connectivity index (χ2v) is 2.10. The van der Waals surface area contributed by atoms with Crippen LogP contribution in [0.3, 0.4) is 0 Å². The van der Waals surface area contributed by atoms with Crippen molar-refractivity contribution in [3.63, 3.8) is 0 Å². The zero-order valence-corrected chi connectivity index (χ0v) is 5.52. The van der Waals surface area contributed by atoms with Crippen molar-refractivity contribution in [2.24, 2.45) is 0 Å². The van der Waals surface area contributed by atoms with E-state index in [0.29, 0.717) is 13.1 Å². The molecule has 1 heterocycles. The molecular weight excluding hydrogens is 136 g/mol. The van der Waals surface area contributed by atoms with E-state index in [-0.39, 0.29) is 0 Å². The molecule has 1 aliphatic rings. The zero-order valence-electron chi connectivity index (χ0n) is 5.52. The summed E-state index contributed by atoms with van der Waals surface area (Å²) in [5, 5.41) is 10.4. The maximum Gasteiger partial charge on any atom is 0.312 e. The first-order valence-corrected chi connectivity index (χ1v) is 3.18. The molecule has 0 unspecified atom stereocenters. The molecule has 0 spiro atoms. The van der Waals surface area contributed by atoms with Gasteiger partial charge in [0.15, 0.2) is 0 Å². The fourth-order valence-electron chi connectivity index (χ4n) is 0.903. The molecule has 57 valence electrons. The molecule has 1 aliphatic heterocycles. The van der Waals surface area contributed by atoms with Gasteiger partial charge in [0.1, 0.15) is 0 Å². The lowest BCUT2D eigenvalue weighted by Gasteiger charge is -2.22. The van der Waals surface area contributed by atoms with Crippen LogP contribution in [0.2, 0.25) is 0 Å². The first-order valence-electron chi connectivity index (χ1n) is 3.18. The Bertz CT molecular complexity index is 122. The highest BCUT2D eigenvalue weighted by atomic mass is 17.0. The standard InChI is InChI=1S/C5H9N2O3/c8-7(9)10-6-4-2-1-3-5-6/h1H,2-5H2. The predicted molar refractivity (Wildman–Crippen MR) is 33.2 cm³/mol. The van der Waals surface area contributed by atoms with Crippen molar-refractivity contribution in [2.75, 3.05) is 13.1 Å². The van der Waals surface area contributed by atoms with E-state index in [1.165, 1.54) is 5.06 Å². The summed E-state index contributed by atoms with van der Waals surface area (Å²) in [5.74, 6) is 0. The van der Waals surface area contributed by atoms with E-state index >= 15 is 0 Å². The summed E-state index contributed by atoms with van der Waals surface area (Å²) in [6.45, 7) is 1.25. The van der Waals surface area contributed by atoms with Crippen molar-refractivity contribution >= 4 is 0 Å². The number of nitrogens with zero attached hydrogens (tertiary/aromatic N) is 2. The van der Waals surface area contributed by atoms with Crippen LogP contribution in [-0.2, 0) is 4.94 Å². The Morgan fingerprint density at radius 2 is 2.10 bits per heavy atom. The summed E-state index contributed by atoms with van der Waals surface area (Å²) in [6.07, 6.45) is 3.83. The van der Waals surface area contributed by atoms with E-state index < -0.39 is 5.09 Å². The number of rotatable bonds is 2. The second-order valence-electron chi connectivity index (χ2n) is 2.10. The minimum absolute atomic E-state index is 0.626. The molecular formula is C5H9N2O3. The van der Waals surface area contributed by atoms with Gasteiger partial charge in [-0.15, -0.1) is 15.2 Å². The van der Waals surface area contributed by atoms with E-state index in [2.05, 4.69) is 11.4 Å². The molecule has 5 nitrogen and oxygen atoms in total. The highest BCUT2D eigenvalue weighted by Gasteiger charge is 2.12. The van der Waals surface area contributed by atoms with Crippen LogP contribution in [0.5, 0.6) is 0 Å². The molecule has 0 saturated carbocycles. The van der Waals surface area contributed by atoms with Crippen molar-refractivity contribution in [1.29, 1.82) is 0 Å². The summed E-state index contributed by atoms with van der Waals surface area (Å²) in [7, 11) is 0. The zero-order chi connectivity index (χ0) is 7.40. The molecule has 0 amide bonds. The van der Waals surface area contributed by atoms with Crippen LogP contribution in [-0.4, -0.2) is 23.2 Å². The van der Waals surface area contributed by atoms with Gasteiger partial charge in [-0.25, -0.2) is 4.94 Å².